The Labute approximate surface area is 213 Å². The van der Waals surface area contributed by atoms with E-state index in [1.165, 1.54) is 18.5 Å². The van der Waals surface area contributed by atoms with E-state index in [0.29, 0.717) is 52.4 Å². The molecule has 0 unspecified atom stereocenters. The minimum atomic E-state index is -0.927. The highest BCUT2D eigenvalue weighted by Gasteiger charge is 2.54. The summed E-state index contributed by atoms with van der Waals surface area (Å²) in [6, 6.07) is 16.5. The van der Waals surface area contributed by atoms with Crippen LogP contribution in [0.15, 0.2) is 67.0 Å². The van der Waals surface area contributed by atoms with E-state index in [-0.39, 0.29) is 30.2 Å². The Morgan fingerprint density at radius 2 is 1.41 bits per heavy atom. The van der Waals surface area contributed by atoms with Gasteiger partial charge in [-0.3, -0.25) is 9.59 Å². The molecule has 0 amide bonds. The fraction of sp³-hybridized carbons (Fsp3) is 0.241. The van der Waals surface area contributed by atoms with Crippen LogP contribution in [-0.2, 0) is 22.4 Å². The van der Waals surface area contributed by atoms with Crippen LogP contribution in [0, 0.1) is 11.2 Å². The molecule has 1 fully saturated rings. The molecule has 1 aliphatic carbocycles. The molecule has 37 heavy (non-hydrogen) atoms. The minimum Gasteiger partial charge on any atom is -0.493 e. The van der Waals surface area contributed by atoms with Crippen LogP contribution in [0.4, 0.5) is 4.39 Å². The molecule has 0 N–H and O–H groups in total. The van der Waals surface area contributed by atoms with Gasteiger partial charge >= 0.3 is 0 Å². The lowest BCUT2D eigenvalue weighted by molar-refractivity contribution is -0.133. The second-order valence-corrected chi connectivity index (χ2v) is 9.06. The normalized spacial score (nSPS) is 13.7. The standard InChI is InChI=1S/C29H25FN2O5/c1-35-24-15-22-23(16-25(24)36-2)31-17-32-28(22)37-21-9-5-19(6-10-21)14-27(34)29(11-12-29)26(33)13-18-3-7-20(30)8-4-18/h3-10,15-17H,11-14H2,1-2H3. The van der Waals surface area contributed by atoms with Gasteiger partial charge in [0, 0.05) is 18.9 Å². The summed E-state index contributed by atoms with van der Waals surface area (Å²) in [7, 11) is 3.11. The third kappa shape index (κ3) is 5.00. The monoisotopic (exact) mass is 500 g/mol. The first-order valence-electron chi connectivity index (χ1n) is 11.9. The van der Waals surface area contributed by atoms with E-state index >= 15 is 0 Å². The highest BCUT2D eigenvalue weighted by molar-refractivity contribution is 6.10. The van der Waals surface area contributed by atoms with Crippen LogP contribution in [0.2, 0.25) is 0 Å². The zero-order valence-corrected chi connectivity index (χ0v) is 20.5. The quantitative estimate of drug-likeness (QED) is 0.274. The lowest BCUT2D eigenvalue weighted by atomic mass is 9.88. The number of aromatic nitrogens is 2. The van der Waals surface area contributed by atoms with Crippen molar-refractivity contribution in [1.82, 2.24) is 9.97 Å². The minimum absolute atomic E-state index is 0.0869. The Hall–Kier alpha value is -4.33. The maximum atomic E-state index is 13.2. The number of ketones is 2. The van der Waals surface area contributed by atoms with Gasteiger partial charge in [-0.25, -0.2) is 14.4 Å². The molecular formula is C29H25FN2O5. The van der Waals surface area contributed by atoms with Crippen molar-refractivity contribution in [2.75, 3.05) is 14.2 Å². The predicted molar refractivity (Wildman–Crippen MR) is 135 cm³/mol. The number of Topliss-reactive ketones (excluding diaryl/α,β-unsaturated/α-hetero) is 2. The van der Waals surface area contributed by atoms with E-state index in [1.807, 2.05) is 0 Å². The van der Waals surface area contributed by atoms with Crippen LogP contribution in [0.1, 0.15) is 24.0 Å². The molecule has 0 atom stereocenters. The summed E-state index contributed by atoms with van der Waals surface area (Å²) in [5, 5.41) is 0.662. The lowest BCUT2D eigenvalue weighted by Crippen LogP contribution is -2.28. The summed E-state index contributed by atoms with van der Waals surface area (Å²) in [5.41, 5.74) is 1.21. The fourth-order valence-electron chi connectivity index (χ4n) is 4.38. The highest BCUT2D eigenvalue weighted by Crippen LogP contribution is 2.49. The number of carbonyl (C=O) groups is 2. The van der Waals surface area contributed by atoms with Crippen molar-refractivity contribution in [2.24, 2.45) is 5.41 Å². The smallest absolute Gasteiger partial charge is 0.230 e. The first-order valence-corrected chi connectivity index (χ1v) is 11.9. The third-order valence-corrected chi connectivity index (χ3v) is 6.70. The number of methoxy groups -OCH3 is 2. The molecule has 0 radical (unpaired) electrons. The van der Waals surface area contributed by atoms with E-state index in [0.717, 1.165) is 5.56 Å². The van der Waals surface area contributed by atoms with Gasteiger partial charge in [-0.05, 0) is 54.3 Å². The van der Waals surface area contributed by atoms with Crippen molar-refractivity contribution in [3.63, 3.8) is 0 Å². The number of halogens is 1. The van der Waals surface area contributed by atoms with Crippen molar-refractivity contribution < 1.29 is 28.2 Å². The second-order valence-electron chi connectivity index (χ2n) is 9.06. The molecule has 0 spiro atoms. The lowest BCUT2D eigenvalue weighted by Gasteiger charge is -2.14. The Bertz CT molecular complexity index is 1460. The van der Waals surface area contributed by atoms with E-state index in [9.17, 15) is 14.0 Å². The van der Waals surface area contributed by atoms with Gasteiger partial charge < -0.3 is 14.2 Å². The van der Waals surface area contributed by atoms with Crippen LogP contribution in [-0.4, -0.2) is 35.8 Å². The summed E-state index contributed by atoms with van der Waals surface area (Å²) in [5.74, 6) is 1.44. The molecule has 0 aliphatic heterocycles. The van der Waals surface area contributed by atoms with Gasteiger partial charge in [0.15, 0.2) is 23.1 Å². The van der Waals surface area contributed by atoms with Crippen LogP contribution < -0.4 is 14.2 Å². The first kappa shape index (κ1) is 24.4. The predicted octanol–water partition coefficient (Wildman–Crippen LogP) is 5.28. The van der Waals surface area contributed by atoms with Crippen LogP contribution in [0.5, 0.6) is 23.1 Å². The number of carbonyl (C=O) groups excluding carboxylic acids is 2. The molecule has 5 rings (SSSR count). The molecule has 4 aromatic rings. The average molecular weight is 501 g/mol. The molecular weight excluding hydrogens is 475 g/mol. The Morgan fingerprint density at radius 3 is 1.97 bits per heavy atom. The summed E-state index contributed by atoms with van der Waals surface area (Å²) in [6.45, 7) is 0. The maximum absolute atomic E-state index is 13.2. The maximum Gasteiger partial charge on any atom is 0.230 e. The number of ether oxygens (including phenoxy) is 3. The van der Waals surface area contributed by atoms with Gasteiger partial charge in [0.1, 0.15) is 17.9 Å². The molecule has 0 bridgehead atoms. The topological polar surface area (TPSA) is 87.6 Å². The van der Waals surface area contributed by atoms with Crippen molar-refractivity contribution in [3.05, 3.63) is 83.9 Å². The molecule has 1 saturated carbocycles. The van der Waals surface area contributed by atoms with E-state index in [4.69, 9.17) is 14.2 Å². The molecule has 8 heteroatoms. The third-order valence-electron chi connectivity index (χ3n) is 6.70. The van der Waals surface area contributed by atoms with Gasteiger partial charge in [0.25, 0.3) is 0 Å². The molecule has 1 heterocycles. The van der Waals surface area contributed by atoms with E-state index < -0.39 is 5.41 Å². The summed E-state index contributed by atoms with van der Waals surface area (Å²) < 4.78 is 29.9. The molecule has 7 nitrogen and oxygen atoms in total. The van der Waals surface area contributed by atoms with Crippen LogP contribution >= 0.6 is 0 Å². The van der Waals surface area contributed by atoms with Gasteiger partial charge in [-0.2, -0.15) is 0 Å². The molecule has 3 aromatic carbocycles. The summed E-state index contributed by atoms with van der Waals surface area (Å²) in [4.78, 5) is 34.5. The van der Waals surface area contributed by atoms with Gasteiger partial charge in [-0.1, -0.05) is 24.3 Å². The number of rotatable bonds is 10. The SMILES string of the molecule is COc1cc2ncnc(Oc3ccc(CC(=O)C4(C(=O)Cc5ccc(F)cc5)CC4)cc3)c2cc1OC. The zero-order valence-electron chi connectivity index (χ0n) is 20.5. The van der Waals surface area contributed by atoms with Crippen molar-refractivity contribution in [3.8, 4) is 23.1 Å². The van der Waals surface area contributed by atoms with Crippen molar-refractivity contribution in [1.29, 1.82) is 0 Å². The number of hydrogen-bond donors (Lipinski definition) is 0. The van der Waals surface area contributed by atoms with Crippen molar-refractivity contribution in [2.45, 2.75) is 25.7 Å². The van der Waals surface area contributed by atoms with E-state index in [2.05, 4.69) is 9.97 Å². The first-order chi connectivity index (χ1) is 17.9. The summed E-state index contributed by atoms with van der Waals surface area (Å²) >= 11 is 0. The molecule has 0 saturated heterocycles. The zero-order chi connectivity index (χ0) is 26.0. The largest absolute Gasteiger partial charge is 0.493 e. The van der Waals surface area contributed by atoms with Gasteiger partial charge in [0.2, 0.25) is 5.88 Å². The number of nitrogens with zero attached hydrogens (tertiary/aromatic N) is 2. The summed E-state index contributed by atoms with van der Waals surface area (Å²) in [6.07, 6.45) is 2.81. The molecule has 188 valence electrons. The van der Waals surface area contributed by atoms with Crippen LogP contribution in [0.3, 0.4) is 0 Å². The highest BCUT2D eigenvalue weighted by atomic mass is 19.1. The Kier molecular flexibility index (Phi) is 6.56. The van der Waals surface area contributed by atoms with Crippen LogP contribution in [0.25, 0.3) is 10.9 Å². The number of benzene rings is 3. The second kappa shape index (κ2) is 9.97. The molecule has 1 aliphatic rings. The van der Waals surface area contributed by atoms with Gasteiger partial charge in [-0.15, -0.1) is 0 Å². The average Bonchev–Trinajstić information content (AvgIpc) is 3.73. The Morgan fingerprint density at radius 1 is 0.838 bits per heavy atom. The van der Waals surface area contributed by atoms with Gasteiger partial charge in [0.05, 0.1) is 30.5 Å². The van der Waals surface area contributed by atoms with E-state index in [1.54, 1.807) is 62.8 Å². The number of hydrogen-bond acceptors (Lipinski definition) is 7. The molecule has 1 aromatic heterocycles. The fourth-order valence-corrected chi connectivity index (χ4v) is 4.38. The Balaban J connectivity index is 1.27. The number of fused-ring (bicyclic) bond motifs is 1. The van der Waals surface area contributed by atoms with Crippen molar-refractivity contribution >= 4 is 22.5 Å².